The Morgan fingerprint density at radius 3 is 2.60 bits per heavy atom. The lowest BCUT2D eigenvalue weighted by molar-refractivity contribution is -0.136. The molecule has 0 radical (unpaired) electrons. The first-order valence-corrected chi connectivity index (χ1v) is 4.71. The molecule has 1 heterocycles. The molecule has 0 aliphatic heterocycles. The summed E-state index contributed by atoms with van der Waals surface area (Å²) < 4.78 is 0. The average Bonchev–Trinajstić information content (AvgIpc) is 2.91. The summed E-state index contributed by atoms with van der Waals surface area (Å²) in [6.07, 6.45) is 1.89. The second kappa shape index (κ2) is 3.38. The Hall–Kier alpha value is -1.85. The molecule has 0 aromatic carbocycles. The third-order valence-corrected chi connectivity index (χ3v) is 2.38. The van der Waals surface area contributed by atoms with Crippen LogP contribution in [0.4, 0.5) is 11.8 Å². The SMILES string of the molecule is Nc1nc(N)c(CC(=O)O)c(C2CC2)n1. The summed E-state index contributed by atoms with van der Waals surface area (Å²) in [6.45, 7) is 0. The summed E-state index contributed by atoms with van der Waals surface area (Å²) in [7, 11) is 0. The van der Waals surface area contributed by atoms with Crippen molar-refractivity contribution in [2.24, 2.45) is 0 Å². The van der Waals surface area contributed by atoms with E-state index in [4.69, 9.17) is 16.6 Å². The number of anilines is 2. The maximum absolute atomic E-state index is 10.7. The van der Waals surface area contributed by atoms with Crippen LogP contribution in [-0.2, 0) is 11.2 Å². The molecule has 1 saturated carbocycles. The van der Waals surface area contributed by atoms with E-state index in [0.29, 0.717) is 17.2 Å². The largest absolute Gasteiger partial charge is 0.481 e. The first kappa shape index (κ1) is 9.70. The fraction of sp³-hybridized carbons (Fsp3) is 0.444. The minimum Gasteiger partial charge on any atom is -0.481 e. The minimum atomic E-state index is -0.933. The molecule has 15 heavy (non-hydrogen) atoms. The van der Waals surface area contributed by atoms with E-state index in [-0.39, 0.29) is 18.2 Å². The van der Waals surface area contributed by atoms with E-state index in [2.05, 4.69) is 9.97 Å². The van der Waals surface area contributed by atoms with Crippen LogP contribution in [0.25, 0.3) is 0 Å². The highest BCUT2D eigenvalue weighted by Crippen LogP contribution is 2.41. The highest BCUT2D eigenvalue weighted by atomic mass is 16.4. The molecule has 0 bridgehead atoms. The quantitative estimate of drug-likeness (QED) is 0.651. The van der Waals surface area contributed by atoms with E-state index in [1.165, 1.54) is 0 Å². The summed E-state index contributed by atoms with van der Waals surface area (Å²) in [4.78, 5) is 18.5. The van der Waals surface area contributed by atoms with Gasteiger partial charge in [-0.15, -0.1) is 0 Å². The highest BCUT2D eigenvalue weighted by molar-refractivity contribution is 5.73. The molecule has 0 unspecified atom stereocenters. The van der Waals surface area contributed by atoms with Crippen LogP contribution in [0.1, 0.15) is 30.0 Å². The molecule has 0 spiro atoms. The summed E-state index contributed by atoms with van der Waals surface area (Å²) in [5, 5.41) is 8.74. The van der Waals surface area contributed by atoms with Gasteiger partial charge in [0.1, 0.15) is 5.82 Å². The number of carboxylic acid groups (broad SMARTS) is 1. The van der Waals surface area contributed by atoms with Crippen molar-refractivity contribution in [1.29, 1.82) is 0 Å². The smallest absolute Gasteiger partial charge is 0.308 e. The van der Waals surface area contributed by atoms with Gasteiger partial charge >= 0.3 is 5.97 Å². The summed E-state index contributed by atoms with van der Waals surface area (Å²) in [6, 6.07) is 0. The lowest BCUT2D eigenvalue weighted by Gasteiger charge is -2.08. The maximum atomic E-state index is 10.7. The molecule has 1 aliphatic carbocycles. The predicted molar refractivity (Wildman–Crippen MR) is 54.2 cm³/mol. The van der Waals surface area contributed by atoms with Crippen molar-refractivity contribution in [3.05, 3.63) is 11.3 Å². The Labute approximate surface area is 86.3 Å². The van der Waals surface area contributed by atoms with Crippen LogP contribution in [-0.4, -0.2) is 21.0 Å². The minimum absolute atomic E-state index is 0.114. The molecule has 2 rings (SSSR count). The highest BCUT2D eigenvalue weighted by Gasteiger charge is 2.30. The monoisotopic (exact) mass is 208 g/mol. The fourth-order valence-electron chi connectivity index (χ4n) is 1.56. The van der Waals surface area contributed by atoms with Crippen LogP contribution in [0, 0.1) is 0 Å². The number of hydrogen-bond donors (Lipinski definition) is 3. The van der Waals surface area contributed by atoms with Crippen molar-refractivity contribution in [2.45, 2.75) is 25.2 Å². The Kier molecular flexibility index (Phi) is 2.18. The van der Waals surface area contributed by atoms with Gasteiger partial charge in [0.05, 0.1) is 12.1 Å². The number of carbonyl (C=O) groups is 1. The van der Waals surface area contributed by atoms with Gasteiger partial charge in [0.2, 0.25) is 5.95 Å². The molecule has 1 aromatic heterocycles. The van der Waals surface area contributed by atoms with Gasteiger partial charge in [-0.05, 0) is 12.8 Å². The number of aromatic nitrogens is 2. The van der Waals surface area contributed by atoms with Crippen molar-refractivity contribution in [3.8, 4) is 0 Å². The zero-order valence-electron chi connectivity index (χ0n) is 8.10. The molecule has 1 fully saturated rings. The van der Waals surface area contributed by atoms with E-state index in [9.17, 15) is 4.79 Å². The van der Waals surface area contributed by atoms with Crippen molar-refractivity contribution in [2.75, 3.05) is 11.5 Å². The predicted octanol–water partition coefficient (Wildman–Crippen LogP) is 0.145. The Morgan fingerprint density at radius 1 is 1.40 bits per heavy atom. The van der Waals surface area contributed by atoms with Gasteiger partial charge < -0.3 is 16.6 Å². The normalized spacial score (nSPS) is 15.2. The first-order valence-electron chi connectivity index (χ1n) is 4.71. The van der Waals surface area contributed by atoms with Gasteiger partial charge in [-0.25, -0.2) is 4.98 Å². The van der Waals surface area contributed by atoms with Gasteiger partial charge in [-0.2, -0.15) is 4.98 Å². The second-order valence-corrected chi connectivity index (χ2v) is 3.68. The molecular formula is C9H12N4O2. The van der Waals surface area contributed by atoms with Gasteiger partial charge in [0, 0.05) is 11.5 Å². The van der Waals surface area contributed by atoms with Crippen LogP contribution in [0.15, 0.2) is 0 Å². The lowest BCUT2D eigenvalue weighted by Crippen LogP contribution is -2.12. The van der Waals surface area contributed by atoms with Gasteiger partial charge in [-0.1, -0.05) is 0 Å². The van der Waals surface area contributed by atoms with E-state index < -0.39 is 5.97 Å². The zero-order valence-corrected chi connectivity index (χ0v) is 8.10. The third kappa shape index (κ3) is 1.98. The Morgan fingerprint density at radius 2 is 2.07 bits per heavy atom. The average molecular weight is 208 g/mol. The summed E-state index contributed by atoms with van der Waals surface area (Å²) in [5.41, 5.74) is 12.3. The maximum Gasteiger partial charge on any atom is 0.308 e. The van der Waals surface area contributed by atoms with Crippen molar-refractivity contribution < 1.29 is 9.90 Å². The van der Waals surface area contributed by atoms with Crippen LogP contribution in [0.3, 0.4) is 0 Å². The zero-order chi connectivity index (χ0) is 11.0. The van der Waals surface area contributed by atoms with Gasteiger partial charge in [0.15, 0.2) is 0 Å². The molecule has 0 saturated heterocycles. The summed E-state index contributed by atoms with van der Waals surface area (Å²) >= 11 is 0. The molecule has 1 aromatic rings. The topological polar surface area (TPSA) is 115 Å². The Bertz CT molecular complexity index is 415. The number of nitrogen functional groups attached to an aromatic ring is 2. The third-order valence-electron chi connectivity index (χ3n) is 2.38. The van der Waals surface area contributed by atoms with Gasteiger partial charge in [0.25, 0.3) is 0 Å². The van der Waals surface area contributed by atoms with Crippen LogP contribution in [0.2, 0.25) is 0 Å². The number of carboxylic acids is 1. The molecule has 5 N–H and O–H groups in total. The molecule has 6 nitrogen and oxygen atoms in total. The molecule has 80 valence electrons. The van der Waals surface area contributed by atoms with Gasteiger partial charge in [-0.3, -0.25) is 4.79 Å². The number of rotatable bonds is 3. The van der Waals surface area contributed by atoms with Crippen LogP contribution < -0.4 is 11.5 Å². The summed E-state index contributed by atoms with van der Waals surface area (Å²) in [5.74, 6) is -0.320. The lowest BCUT2D eigenvalue weighted by atomic mass is 10.1. The standard InChI is InChI=1S/C9H12N4O2/c10-8-5(3-6(14)15)7(4-1-2-4)12-9(11)13-8/h4H,1-3H2,(H,14,15)(H4,10,11,12,13). The second-order valence-electron chi connectivity index (χ2n) is 3.68. The number of nitrogens with zero attached hydrogens (tertiary/aromatic N) is 2. The van der Waals surface area contributed by atoms with Crippen LogP contribution in [0.5, 0.6) is 0 Å². The number of hydrogen-bond acceptors (Lipinski definition) is 5. The van der Waals surface area contributed by atoms with Crippen molar-refractivity contribution >= 4 is 17.7 Å². The van der Waals surface area contributed by atoms with E-state index in [0.717, 1.165) is 12.8 Å². The molecule has 0 atom stereocenters. The molecule has 6 heteroatoms. The Balaban J connectivity index is 2.43. The number of nitrogens with two attached hydrogens (primary N) is 2. The number of aliphatic carboxylic acids is 1. The van der Waals surface area contributed by atoms with Crippen molar-refractivity contribution in [1.82, 2.24) is 9.97 Å². The van der Waals surface area contributed by atoms with Crippen molar-refractivity contribution in [3.63, 3.8) is 0 Å². The molecule has 1 aliphatic rings. The fourth-order valence-corrected chi connectivity index (χ4v) is 1.56. The molecule has 0 amide bonds. The first-order chi connectivity index (χ1) is 7.08. The molecular weight excluding hydrogens is 196 g/mol. The van der Waals surface area contributed by atoms with Crippen LogP contribution >= 0.6 is 0 Å². The van der Waals surface area contributed by atoms with E-state index in [1.807, 2.05) is 0 Å². The van der Waals surface area contributed by atoms with E-state index >= 15 is 0 Å². The van der Waals surface area contributed by atoms with E-state index in [1.54, 1.807) is 0 Å².